The summed E-state index contributed by atoms with van der Waals surface area (Å²) in [5.41, 5.74) is 1.83. The summed E-state index contributed by atoms with van der Waals surface area (Å²) in [6.07, 6.45) is 3.35. The highest BCUT2D eigenvalue weighted by atomic mass is 14.5. The van der Waals surface area contributed by atoms with Gasteiger partial charge in [-0.1, -0.05) is 43.3 Å². The zero-order chi connectivity index (χ0) is 8.60. The van der Waals surface area contributed by atoms with Crippen molar-refractivity contribution < 1.29 is 0 Å². The molecule has 1 aliphatic rings. The Hall–Kier alpha value is -1.04. The molecule has 0 nitrogen and oxygen atoms in total. The zero-order valence-electron chi connectivity index (χ0n) is 7.46. The van der Waals surface area contributed by atoms with E-state index >= 15 is 0 Å². The molecule has 1 saturated carbocycles. The maximum Gasteiger partial charge on any atom is -0.00649 e. The number of rotatable bonds is 2. The van der Waals surface area contributed by atoms with Gasteiger partial charge >= 0.3 is 0 Å². The van der Waals surface area contributed by atoms with Crippen molar-refractivity contribution in [3.8, 4) is 0 Å². The Kier molecular flexibility index (Phi) is 1.57. The van der Waals surface area contributed by atoms with E-state index in [0.717, 1.165) is 5.92 Å². The standard InChI is InChI=1S/C12H14/c1-3-12(2)9-11(12)10-7-5-4-6-8-10/h3-8,11H,1,9H2,2H3/t11-,12-/m1/s1. The molecule has 0 spiro atoms. The summed E-state index contributed by atoms with van der Waals surface area (Å²) in [5, 5.41) is 0. The van der Waals surface area contributed by atoms with Crippen molar-refractivity contribution in [3.63, 3.8) is 0 Å². The summed E-state index contributed by atoms with van der Waals surface area (Å²) >= 11 is 0. The van der Waals surface area contributed by atoms with Crippen molar-refractivity contribution >= 4 is 0 Å². The summed E-state index contributed by atoms with van der Waals surface area (Å²) in [4.78, 5) is 0. The molecule has 0 amide bonds. The van der Waals surface area contributed by atoms with Gasteiger partial charge in [0.05, 0.1) is 0 Å². The SMILES string of the molecule is C=C[C@]1(C)C[C@@H]1c1ccccc1. The van der Waals surface area contributed by atoms with E-state index in [2.05, 4.69) is 49.9 Å². The van der Waals surface area contributed by atoms with Gasteiger partial charge in [0.1, 0.15) is 0 Å². The van der Waals surface area contributed by atoms with Crippen LogP contribution in [0.4, 0.5) is 0 Å². The highest BCUT2D eigenvalue weighted by Gasteiger charge is 2.47. The maximum absolute atomic E-state index is 3.87. The van der Waals surface area contributed by atoms with Gasteiger partial charge in [0.15, 0.2) is 0 Å². The molecule has 0 unspecified atom stereocenters. The lowest BCUT2D eigenvalue weighted by atomic mass is 10.0. The van der Waals surface area contributed by atoms with Gasteiger partial charge in [0, 0.05) is 0 Å². The molecule has 2 atom stereocenters. The predicted molar refractivity (Wildman–Crippen MR) is 52.1 cm³/mol. The second-order valence-electron chi connectivity index (χ2n) is 3.88. The van der Waals surface area contributed by atoms with Crippen LogP contribution in [-0.2, 0) is 0 Å². The van der Waals surface area contributed by atoms with E-state index in [4.69, 9.17) is 0 Å². The van der Waals surface area contributed by atoms with Gasteiger partial charge in [0.25, 0.3) is 0 Å². The quantitative estimate of drug-likeness (QED) is 0.579. The summed E-state index contributed by atoms with van der Waals surface area (Å²) < 4.78 is 0. The lowest BCUT2D eigenvalue weighted by Gasteiger charge is -2.03. The zero-order valence-corrected chi connectivity index (χ0v) is 7.46. The third-order valence-corrected chi connectivity index (χ3v) is 2.95. The molecular weight excluding hydrogens is 144 g/mol. The Balaban J connectivity index is 2.21. The van der Waals surface area contributed by atoms with Gasteiger partial charge in [-0.2, -0.15) is 0 Å². The molecule has 0 aromatic heterocycles. The molecule has 0 radical (unpaired) electrons. The predicted octanol–water partition coefficient (Wildman–Crippen LogP) is 3.37. The Morgan fingerprint density at radius 2 is 2.08 bits per heavy atom. The van der Waals surface area contributed by atoms with Gasteiger partial charge in [-0.05, 0) is 23.3 Å². The fourth-order valence-electron chi connectivity index (χ4n) is 1.79. The van der Waals surface area contributed by atoms with Crippen molar-refractivity contribution in [3.05, 3.63) is 48.6 Å². The van der Waals surface area contributed by atoms with Gasteiger partial charge in [-0.25, -0.2) is 0 Å². The molecule has 0 saturated heterocycles. The maximum atomic E-state index is 3.87. The molecule has 1 aromatic carbocycles. The highest BCUT2D eigenvalue weighted by Crippen LogP contribution is 2.59. The molecule has 2 rings (SSSR count). The Bertz CT molecular complexity index is 286. The molecule has 62 valence electrons. The molecule has 1 aromatic rings. The van der Waals surface area contributed by atoms with E-state index in [1.165, 1.54) is 12.0 Å². The van der Waals surface area contributed by atoms with E-state index < -0.39 is 0 Å². The van der Waals surface area contributed by atoms with Crippen LogP contribution in [0.5, 0.6) is 0 Å². The first kappa shape index (κ1) is 7.60. The summed E-state index contributed by atoms with van der Waals surface area (Å²) in [6.45, 7) is 6.15. The monoisotopic (exact) mass is 158 g/mol. The van der Waals surface area contributed by atoms with Crippen molar-refractivity contribution in [1.29, 1.82) is 0 Å². The van der Waals surface area contributed by atoms with Crippen LogP contribution < -0.4 is 0 Å². The molecule has 0 heteroatoms. The van der Waals surface area contributed by atoms with Crippen molar-refractivity contribution in [2.24, 2.45) is 5.41 Å². The summed E-state index contributed by atoms with van der Waals surface area (Å²) in [7, 11) is 0. The lowest BCUT2D eigenvalue weighted by Crippen LogP contribution is -1.90. The van der Waals surface area contributed by atoms with E-state index in [1.807, 2.05) is 0 Å². The Morgan fingerprint density at radius 1 is 1.42 bits per heavy atom. The van der Waals surface area contributed by atoms with Crippen LogP contribution in [0.25, 0.3) is 0 Å². The van der Waals surface area contributed by atoms with Crippen LogP contribution >= 0.6 is 0 Å². The van der Waals surface area contributed by atoms with E-state index in [-0.39, 0.29) is 0 Å². The third-order valence-electron chi connectivity index (χ3n) is 2.95. The number of hydrogen-bond donors (Lipinski definition) is 0. The minimum atomic E-state index is 0.376. The molecule has 12 heavy (non-hydrogen) atoms. The molecular formula is C12H14. The van der Waals surface area contributed by atoms with Crippen molar-refractivity contribution in [2.45, 2.75) is 19.3 Å². The minimum absolute atomic E-state index is 0.376. The van der Waals surface area contributed by atoms with Gasteiger partial charge in [-0.15, -0.1) is 6.58 Å². The van der Waals surface area contributed by atoms with Gasteiger partial charge < -0.3 is 0 Å². The normalized spacial score (nSPS) is 32.9. The van der Waals surface area contributed by atoms with Gasteiger partial charge in [0.2, 0.25) is 0 Å². The Labute approximate surface area is 73.9 Å². The summed E-state index contributed by atoms with van der Waals surface area (Å²) in [5.74, 6) is 0.719. The van der Waals surface area contributed by atoms with Crippen LogP contribution in [0, 0.1) is 5.41 Å². The minimum Gasteiger partial charge on any atom is -0.103 e. The van der Waals surface area contributed by atoms with Crippen molar-refractivity contribution in [1.82, 2.24) is 0 Å². The second-order valence-corrected chi connectivity index (χ2v) is 3.88. The fourth-order valence-corrected chi connectivity index (χ4v) is 1.79. The van der Waals surface area contributed by atoms with Crippen LogP contribution in [-0.4, -0.2) is 0 Å². The van der Waals surface area contributed by atoms with Crippen LogP contribution in [0.3, 0.4) is 0 Å². The van der Waals surface area contributed by atoms with E-state index in [9.17, 15) is 0 Å². The Morgan fingerprint density at radius 3 is 2.58 bits per heavy atom. The van der Waals surface area contributed by atoms with E-state index in [0.29, 0.717) is 5.41 Å². The number of benzene rings is 1. The molecule has 0 heterocycles. The van der Waals surface area contributed by atoms with Crippen LogP contribution in [0.15, 0.2) is 43.0 Å². The first-order chi connectivity index (χ1) is 5.76. The topological polar surface area (TPSA) is 0 Å². The first-order valence-corrected chi connectivity index (χ1v) is 4.45. The smallest absolute Gasteiger partial charge is 0.00649 e. The third kappa shape index (κ3) is 1.08. The average Bonchev–Trinajstić information content (AvgIpc) is 2.81. The molecule has 1 aliphatic carbocycles. The molecule has 0 N–H and O–H groups in total. The highest BCUT2D eigenvalue weighted by molar-refractivity contribution is 5.32. The molecule has 0 aliphatic heterocycles. The second kappa shape index (κ2) is 2.48. The van der Waals surface area contributed by atoms with Gasteiger partial charge in [-0.3, -0.25) is 0 Å². The first-order valence-electron chi connectivity index (χ1n) is 4.45. The largest absolute Gasteiger partial charge is 0.103 e. The molecule has 0 bridgehead atoms. The fraction of sp³-hybridized carbons (Fsp3) is 0.333. The number of allylic oxidation sites excluding steroid dienone is 1. The van der Waals surface area contributed by atoms with Crippen molar-refractivity contribution in [2.75, 3.05) is 0 Å². The molecule has 1 fully saturated rings. The van der Waals surface area contributed by atoms with Crippen LogP contribution in [0.2, 0.25) is 0 Å². The lowest BCUT2D eigenvalue weighted by molar-refractivity contribution is 0.711. The average molecular weight is 158 g/mol. The number of hydrogen-bond acceptors (Lipinski definition) is 0. The summed E-state index contributed by atoms with van der Waals surface area (Å²) in [6, 6.07) is 10.7. The van der Waals surface area contributed by atoms with E-state index in [1.54, 1.807) is 0 Å². The van der Waals surface area contributed by atoms with Crippen LogP contribution in [0.1, 0.15) is 24.8 Å².